The summed E-state index contributed by atoms with van der Waals surface area (Å²) in [7, 11) is 0. The molecule has 0 unspecified atom stereocenters. The van der Waals surface area contributed by atoms with E-state index in [0.29, 0.717) is 17.9 Å². The maximum atomic E-state index is 11.5. The molecule has 1 heterocycles. The summed E-state index contributed by atoms with van der Waals surface area (Å²) in [6.07, 6.45) is 0.560. The van der Waals surface area contributed by atoms with E-state index in [2.05, 4.69) is 5.16 Å². The van der Waals surface area contributed by atoms with Crippen molar-refractivity contribution in [2.24, 2.45) is 5.41 Å². The van der Waals surface area contributed by atoms with Crippen LogP contribution in [0.1, 0.15) is 36.8 Å². The molecule has 2 aromatic rings. The molecular formula is C15H17NO3. The van der Waals surface area contributed by atoms with Crippen LogP contribution in [0.2, 0.25) is 0 Å². The number of benzene rings is 1. The Bertz CT molecular complexity index is 579. The molecule has 1 N–H and O–H groups in total. The van der Waals surface area contributed by atoms with Gasteiger partial charge in [0.2, 0.25) is 0 Å². The quantitative estimate of drug-likeness (QED) is 0.914. The van der Waals surface area contributed by atoms with E-state index >= 15 is 0 Å². The van der Waals surface area contributed by atoms with Crippen molar-refractivity contribution in [3.63, 3.8) is 0 Å². The van der Waals surface area contributed by atoms with Crippen LogP contribution < -0.4 is 0 Å². The topological polar surface area (TPSA) is 63.3 Å². The van der Waals surface area contributed by atoms with Crippen molar-refractivity contribution < 1.29 is 14.4 Å². The highest BCUT2D eigenvalue weighted by Crippen LogP contribution is 2.30. The summed E-state index contributed by atoms with van der Waals surface area (Å²) in [6.45, 7) is 6.11. The van der Waals surface area contributed by atoms with Crippen LogP contribution in [-0.4, -0.2) is 16.2 Å². The van der Waals surface area contributed by atoms with Crippen LogP contribution in [-0.2, 0) is 6.42 Å². The van der Waals surface area contributed by atoms with Gasteiger partial charge < -0.3 is 9.63 Å². The molecule has 0 spiro atoms. The lowest BCUT2D eigenvalue weighted by molar-refractivity contribution is 0.0696. The first-order valence-corrected chi connectivity index (χ1v) is 6.16. The highest BCUT2D eigenvalue weighted by atomic mass is 16.5. The molecule has 0 aliphatic heterocycles. The second-order valence-corrected chi connectivity index (χ2v) is 5.74. The average molecular weight is 259 g/mol. The van der Waals surface area contributed by atoms with Crippen molar-refractivity contribution in [1.29, 1.82) is 0 Å². The van der Waals surface area contributed by atoms with E-state index in [1.165, 1.54) is 0 Å². The van der Waals surface area contributed by atoms with Gasteiger partial charge in [-0.25, -0.2) is 4.79 Å². The highest BCUT2D eigenvalue weighted by Gasteiger charge is 2.26. The zero-order chi connectivity index (χ0) is 14.0. The van der Waals surface area contributed by atoms with Gasteiger partial charge in [-0.1, -0.05) is 56.3 Å². The summed E-state index contributed by atoms with van der Waals surface area (Å²) in [5.41, 5.74) is 1.35. The van der Waals surface area contributed by atoms with E-state index in [1.54, 1.807) is 0 Å². The molecule has 1 aromatic carbocycles. The molecule has 0 atom stereocenters. The van der Waals surface area contributed by atoms with Gasteiger partial charge in [0.15, 0.2) is 5.76 Å². The molecule has 4 heteroatoms. The van der Waals surface area contributed by atoms with Gasteiger partial charge in [0, 0.05) is 5.56 Å². The Kier molecular flexibility index (Phi) is 3.42. The zero-order valence-electron chi connectivity index (χ0n) is 11.3. The summed E-state index contributed by atoms with van der Waals surface area (Å²) in [4.78, 5) is 11.5. The molecule has 0 amide bonds. The molecule has 0 saturated carbocycles. The first kappa shape index (κ1) is 13.3. The molecule has 0 saturated heterocycles. The van der Waals surface area contributed by atoms with Crippen LogP contribution in [0.5, 0.6) is 0 Å². The van der Waals surface area contributed by atoms with Gasteiger partial charge in [0.1, 0.15) is 5.56 Å². The number of hydrogen-bond acceptors (Lipinski definition) is 3. The van der Waals surface area contributed by atoms with Crippen LogP contribution in [0.4, 0.5) is 0 Å². The molecule has 1 aromatic heterocycles. The molecule has 0 aliphatic rings. The zero-order valence-corrected chi connectivity index (χ0v) is 11.3. The van der Waals surface area contributed by atoms with Crippen LogP contribution in [0.25, 0.3) is 11.3 Å². The monoisotopic (exact) mass is 259 g/mol. The summed E-state index contributed by atoms with van der Waals surface area (Å²) in [5.74, 6) is -0.674. The van der Waals surface area contributed by atoms with Gasteiger partial charge in [0.05, 0.1) is 5.69 Å². The maximum Gasteiger partial charge on any atom is 0.341 e. The van der Waals surface area contributed by atoms with Gasteiger partial charge in [0.25, 0.3) is 0 Å². The Morgan fingerprint density at radius 3 is 2.42 bits per heavy atom. The van der Waals surface area contributed by atoms with E-state index in [9.17, 15) is 9.90 Å². The van der Waals surface area contributed by atoms with Gasteiger partial charge in [-0.15, -0.1) is 0 Å². The number of aromatic nitrogens is 1. The summed E-state index contributed by atoms with van der Waals surface area (Å²) in [6, 6.07) is 9.18. The van der Waals surface area contributed by atoms with E-state index in [4.69, 9.17) is 4.52 Å². The van der Waals surface area contributed by atoms with Crippen LogP contribution in [0.3, 0.4) is 0 Å². The SMILES string of the molecule is CC(C)(C)Cc1noc(-c2ccccc2)c1C(=O)O. The van der Waals surface area contributed by atoms with Crippen molar-refractivity contribution >= 4 is 5.97 Å². The lowest BCUT2D eigenvalue weighted by atomic mass is 9.88. The summed E-state index contributed by atoms with van der Waals surface area (Å²) >= 11 is 0. The number of rotatable bonds is 3. The fourth-order valence-electron chi connectivity index (χ4n) is 1.95. The Morgan fingerprint density at radius 1 is 1.26 bits per heavy atom. The number of hydrogen-bond donors (Lipinski definition) is 1. The standard InChI is InChI=1S/C15H17NO3/c1-15(2,3)9-11-12(14(17)18)13(19-16-11)10-7-5-4-6-8-10/h4-8H,9H2,1-3H3,(H,17,18). The van der Waals surface area contributed by atoms with Gasteiger partial charge >= 0.3 is 5.97 Å². The highest BCUT2D eigenvalue weighted by molar-refractivity contribution is 5.95. The molecule has 0 aliphatic carbocycles. The van der Waals surface area contributed by atoms with Crippen molar-refractivity contribution in [1.82, 2.24) is 5.16 Å². The van der Waals surface area contributed by atoms with E-state index < -0.39 is 5.97 Å². The third kappa shape index (κ3) is 3.02. The molecule has 100 valence electrons. The van der Waals surface area contributed by atoms with E-state index in [0.717, 1.165) is 5.56 Å². The second-order valence-electron chi connectivity index (χ2n) is 5.74. The number of carboxylic acids is 1. The fraction of sp³-hybridized carbons (Fsp3) is 0.333. The number of carbonyl (C=O) groups is 1. The first-order valence-electron chi connectivity index (χ1n) is 6.16. The summed E-state index contributed by atoms with van der Waals surface area (Å²) in [5, 5.41) is 13.3. The van der Waals surface area contributed by atoms with Crippen molar-refractivity contribution in [3.05, 3.63) is 41.6 Å². The average Bonchev–Trinajstić information content (AvgIpc) is 2.71. The minimum absolute atomic E-state index is 0.0466. The summed E-state index contributed by atoms with van der Waals surface area (Å²) < 4.78 is 5.26. The van der Waals surface area contributed by atoms with E-state index in [-0.39, 0.29) is 11.0 Å². The smallest absolute Gasteiger partial charge is 0.341 e. The molecule has 0 radical (unpaired) electrons. The Hall–Kier alpha value is -2.10. The third-order valence-corrected chi connectivity index (χ3v) is 2.71. The predicted molar refractivity (Wildman–Crippen MR) is 72.1 cm³/mol. The van der Waals surface area contributed by atoms with Crippen LogP contribution in [0, 0.1) is 5.41 Å². The third-order valence-electron chi connectivity index (χ3n) is 2.71. The molecule has 19 heavy (non-hydrogen) atoms. The normalized spacial score (nSPS) is 11.5. The minimum Gasteiger partial charge on any atom is -0.477 e. The Balaban J connectivity index is 2.50. The van der Waals surface area contributed by atoms with Crippen molar-refractivity contribution in [3.8, 4) is 11.3 Å². The molecule has 0 bridgehead atoms. The van der Waals surface area contributed by atoms with Gasteiger partial charge in [-0.2, -0.15) is 0 Å². The van der Waals surface area contributed by atoms with Crippen molar-refractivity contribution in [2.45, 2.75) is 27.2 Å². The predicted octanol–water partition coefficient (Wildman–Crippen LogP) is 3.63. The lowest BCUT2D eigenvalue weighted by Gasteiger charge is -2.15. The largest absolute Gasteiger partial charge is 0.477 e. The van der Waals surface area contributed by atoms with Gasteiger partial charge in [-0.05, 0) is 11.8 Å². The van der Waals surface area contributed by atoms with E-state index in [1.807, 2.05) is 51.1 Å². The molecule has 0 fully saturated rings. The molecule has 2 rings (SSSR count). The van der Waals surface area contributed by atoms with Gasteiger partial charge in [-0.3, -0.25) is 0 Å². The molecule has 4 nitrogen and oxygen atoms in total. The minimum atomic E-state index is -1.00. The number of carboxylic acid groups (broad SMARTS) is 1. The Morgan fingerprint density at radius 2 is 1.89 bits per heavy atom. The number of aromatic carboxylic acids is 1. The second kappa shape index (κ2) is 4.88. The van der Waals surface area contributed by atoms with Crippen molar-refractivity contribution in [2.75, 3.05) is 0 Å². The Labute approximate surface area is 112 Å². The van der Waals surface area contributed by atoms with Crippen LogP contribution in [0.15, 0.2) is 34.9 Å². The first-order chi connectivity index (χ1) is 8.88. The lowest BCUT2D eigenvalue weighted by Crippen LogP contribution is -2.12. The number of nitrogens with zero attached hydrogens (tertiary/aromatic N) is 1. The fourth-order valence-corrected chi connectivity index (χ4v) is 1.95. The maximum absolute atomic E-state index is 11.5. The molecular weight excluding hydrogens is 242 g/mol. The van der Waals surface area contributed by atoms with Crippen LogP contribution >= 0.6 is 0 Å².